The van der Waals surface area contributed by atoms with E-state index in [0.29, 0.717) is 5.82 Å². The molecule has 3 nitrogen and oxygen atoms in total. The molecule has 3 N–H and O–H groups in total. The van der Waals surface area contributed by atoms with Gasteiger partial charge in [-0.1, -0.05) is 11.6 Å². The number of nitrogens with two attached hydrogens (primary N) is 1. The summed E-state index contributed by atoms with van der Waals surface area (Å²) in [7, 11) is 0. The number of H-pyrrole nitrogens is 1. The van der Waals surface area contributed by atoms with Crippen molar-refractivity contribution in [3.05, 3.63) is 35.5 Å². The summed E-state index contributed by atoms with van der Waals surface area (Å²) in [6.45, 7) is 0. The monoisotopic (exact) mass is 217 g/mol. The Labute approximate surface area is 90.9 Å². The van der Waals surface area contributed by atoms with Crippen LogP contribution in [-0.2, 0) is 0 Å². The molecule has 2 aromatic heterocycles. The summed E-state index contributed by atoms with van der Waals surface area (Å²) in [5.74, 6) is 0.517. The number of halogens is 1. The van der Waals surface area contributed by atoms with E-state index in [1.165, 1.54) is 0 Å². The van der Waals surface area contributed by atoms with E-state index < -0.39 is 0 Å². The molecule has 0 saturated carbocycles. The molecule has 0 bridgehead atoms. The number of anilines is 1. The molecule has 1 aromatic carbocycles. The van der Waals surface area contributed by atoms with Crippen molar-refractivity contribution in [3.8, 4) is 0 Å². The zero-order valence-corrected chi connectivity index (χ0v) is 8.55. The minimum absolute atomic E-state index is 0.517. The molecule has 2 heterocycles. The number of nitrogens with one attached hydrogen (secondary N) is 1. The van der Waals surface area contributed by atoms with E-state index >= 15 is 0 Å². The van der Waals surface area contributed by atoms with Gasteiger partial charge < -0.3 is 10.7 Å². The summed E-state index contributed by atoms with van der Waals surface area (Å²) in [4.78, 5) is 7.29. The lowest BCUT2D eigenvalue weighted by molar-refractivity contribution is 1.35. The second-order valence-corrected chi connectivity index (χ2v) is 3.91. The highest BCUT2D eigenvalue weighted by Gasteiger charge is 2.05. The summed E-state index contributed by atoms with van der Waals surface area (Å²) in [5, 5.41) is 2.85. The molecule has 0 saturated heterocycles. The SMILES string of the molecule is Nc1cc2c(cn1)[nH]c1ccc(Cl)cc12. The topological polar surface area (TPSA) is 54.7 Å². The van der Waals surface area contributed by atoms with Gasteiger partial charge in [0.15, 0.2) is 0 Å². The third kappa shape index (κ3) is 1.24. The number of aromatic amines is 1. The molecule has 0 radical (unpaired) electrons. The highest BCUT2D eigenvalue weighted by Crippen LogP contribution is 2.28. The van der Waals surface area contributed by atoms with Crippen LogP contribution in [0.2, 0.25) is 5.02 Å². The first kappa shape index (κ1) is 8.56. The van der Waals surface area contributed by atoms with Crippen LogP contribution in [0.3, 0.4) is 0 Å². The summed E-state index contributed by atoms with van der Waals surface area (Å²) in [6.07, 6.45) is 1.73. The van der Waals surface area contributed by atoms with Crippen molar-refractivity contribution in [1.29, 1.82) is 0 Å². The summed E-state index contributed by atoms with van der Waals surface area (Å²) in [6, 6.07) is 7.59. The van der Waals surface area contributed by atoms with Gasteiger partial charge in [0.25, 0.3) is 0 Å². The molecule has 3 rings (SSSR count). The van der Waals surface area contributed by atoms with Gasteiger partial charge >= 0.3 is 0 Å². The Balaban J connectivity index is 2.55. The number of aromatic nitrogens is 2. The van der Waals surface area contributed by atoms with E-state index in [0.717, 1.165) is 26.8 Å². The fourth-order valence-electron chi connectivity index (χ4n) is 1.79. The molecule has 0 aliphatic heterocycles. The standard InChI is InChI=1S/C11H8ClN3/c12-6-1-2-9-7(3-6)8-4-11(13)14-5-10(8)15-9/h1-5,15H,(H2,13,14). The van der Waals surface area contributed by atoms with Gasteiger partial charge in [0, 0.05) is 21.3 Å². The molecule has 3 aromatic rings. The molecule has 0 atom stereocenters. The third-order valence-electron chi connectivity index (χ3n) is 2.47. The Bertz CT molecular complexity index is 601. The average Bonchev–Trinajstić information content (AvgIpc) is 2.56. The molecule has 74 valence electrons. The van der Waals surface area contributed by atoms with E-state index in [-0.39, 0.29) is 0 Å². The van der Waals surface area contributed by atoms with Crippen LogP contribution in [0.4, 0.5) is 5.82 Å². The van der Waals surface area contributed by atoms with Gasteiger partial charge in [-0.2, -0.15) is 0 Å². The Hall–Kier alpha value is -1.74. The Kier molecular flexibility index (Phi) is 1.64. The number of nitrogens with zero attached hydrogens (tertiary/aromatic N) is 1. The van der Waals surface area contributed by atoms with Gasteiger partial charge in [0.05, 0.1) is 11.7 Å². The molecular weight excluding hydrogens is 210 g/mol. The number of nitrogen functional groups attached to an aromatic ring is 1. The predicted octanol–water partition coefficient (Wildman–Crippen LogP) is 2.95. The maximum absolute atomic E-state index is 5.95. The minimum atomic E-state index is 0.517. The molecule has 0 amide bonds. The van der Waals surface area contributed by atoms with Gasteiger partial charge in [-0.3, -0.25) is 0 Å². The van der Waals surface area contributed by atoms with E-state index in [9.17, 15) is 0 Å². The van der Waals surface area contributed by atoms with Gasteiger partial charge in [0.1, 0.15) is 5.82 Å². The van der Waals surface area contributed by atoms with Crippen molar-refractivity contribution >= 4 is 39.2 Å². The van der Waals surface area contributed by atoms with Crippen molar-refractivity contribution in [3.63, 3.8) is 0 Å². The summed E-state index contributed by atoms with van der Waals surface area (Å²) in [5.41, 5.74) is 7.67. The number of hydrogen-bond acceptors (Lipinski definition) is 2. The number of fused-ring (bicyclic) bond motifs is 3. The fraction of sp³-hybridized carbons (Fsp3) is 0. The van der Waals surface area contributed by atoms with Crippen molar-refractivity contribution in [2.75, 3.05) is 5.73 Å². The molecule has 0 aliphatic carbocycles. The molecule has 0 fully saturated rings. The van der Waals surface area contributed by atoms with Crippen LogP contribution in [0.25, 0.3) is 21.8 Å². The Morgan fingerprint density at radius 1 is 1.13 bits per heavy atom. The zero-order valence-electron chi connectivity index (χ0n) is 7.79. The van der Waals surface area contributed by atoms with Crippen molar-refractivity contribution in [2.24, 2.45) is 0 Å². The second kappa shape index (κ2) is 2.87. The van der Waals surface area contributed by atoms with Crippen LogP contribution in [0, 0.1) is 0 Å². The van der Waals surface area contributed by atoms with Crippen LogP contribution >= 0.6 is 11.6 Å². The quantitative estimate of drug-likeness (QED) is 0.608. The second-order valence-electron chi connectivity index (χ2n) is 3.47. The van der Waals surface area contributed by atoms with Gasteiger partial charge in [0.2, 0.25) is 0 Å². The third-order valence-corrected chi connectivity index (χ3v) is 2.70. The van der Waals surface area contributed by atoms with E-state index in [2.05, 4.69) is 9.97 Å². The first-order valence-electron chi connectivity index (χ1n) is 4.56. The molecule has 0 unspecified atom stereocenters. The number of benzene rings is 1. The summed E-state index contributed by atoms with van der Waals surface area (Å²) >= 11 is 5.95. The van der Waals surface area contributed by atoms with Crippen LogP contribution in [0.1, 0.15) is 0 Å². The van der Waals surface area contributed by atoms with Gasteiger partial charge in [-0.15, -0.1) is 0 Å². The normalized spacial score (nSPS) is 11.3. The maximum atomic E-state index is 5.95. The zero-order chi connectivity index (χ0) is 10.4. The first-order valence-corrected chi connectivity index (χ1v) is 4.94. The van der Waals surface area contributed by atoms with Gasteiger partial charge in [-0.25, -0.2) is 4.98 Å². The smallest absolute Gasteiger partial charge is 0.124 e. The minimum Gasteiger partial charge on any atom is -0.384 e. The first-order chi connectivity index (χ1) is 7.24. The van der Waals surface area contributed by atoms with Crippen LogP contribution in [0.15, 0.2) is 30.5 Å². The van der Waals surface area contributed by atoms with Crippen molar-refractivity contribution in [1.82, 2.24) is 9.97 Å². The molecule has 0 aliphatic rings. The Morgan fingerprint density at radius 2 is 1.93 bits per heavy atom. The molecular formula is C11H8ClN3. The van der Waals surface area contributed by atoms with Crippen molar-refractivity contribution < 1.29 is 0 Å². The lowest BCUT2D eigenvalue weighted by Gasteiger charge is -1.93. The lowest BCUT2D eigenvalue weighted by atomic mass is 10.2. The van der Waals surface area contributed by atoms with Crippen molar-refractivity contribution in [2.45, 2.75) is 0 Å². The lowest BCUT2D eigenvalue weighted by Crippen LogP contribution is -1.87. The number of rotatable bonds is 0. The molecule has 15 heavy (non-hydrogen) atoms. The van der Waals surface area contributed by atoms with Crippen LogP contribution in [0.5, 0.6) is 0 Å². The average molecular weight is 218 g/mol. The largest absolute Gasteiger partial charge is 0.384 e. The number of pyridine rings is 1. The van der Waals surface area contributed by atoms with Crippen LogP contribution < -0.4 is 5.73 Å². The van der Waals surface area contributed by atoms with E-state index in [4.69, 9.17) is 17.3 Å². The highest BCUT2D eigenvalue weighted by molar-refractivity contribution is 6.31. The molecule has 0 spiro atoms. The van der Waals surface area contributed by atoms with E-state index in [1.807, 2.05) is 24.3 Å². The fourth-order valence-corrected chi connectivity index (χ4v) is 1.96. The van der Waals surface area contributed by atoms with Crippen LogP contribution in [-0.4, -0.2) is 9.97 Å². The highest BCUT2D eigenvalue weighted by atomic mass is 35.5. The maximum Gasteiger partial charge on any atom is 0.124 e. The molecule has 4 heteroatoms. The van der Waals surface area contributed by atoms with Gasteiger partial charge in [-0.05, 0) is 24.3 Å². The number of hydrogen-bond donors (Lipinski definition) is 2. The van der Waals surface area contributed by atoms with E-state index in [1.54, 1.807) is 6.20 Å². The summed E-state index contributed by atoms with van der Waals surface area (Å²) < 4.78 is 0. The Morgan fingerprint density at radius 3 is 2.80 bits per heavy atom. The predicted molar refractivity (Wildman–Crippen MR) is 63.0 cm³/mol.